The summed E-state index contributed by atoms with van der Waals surface area (Å²) >= 11 is 0. The standard InChI is InChI=1S/C13H22N4O/c1-3-6-15-12-9-14-10-13(16-12)18-8-7-17(2)11-4-5-11/h9-11H,3-8H2,1-2H3,(H,15,16). The number of likely N-dealkylation sites (N-methyl/N-ethyl adjacent to an activating group) is 1. The van der Waals surface area contributed by atoms with Gasteiger partial charge < -0.3 is 15.0 Å². The number of nitrogens with zero attached hydrogens (tertiary/aromatic N) is 3. The van der Waals surface area contributed by atoms with Gasteiger partial charge in [-0.1, -0.05) is 6.92 Å². The molecule has 0 aromatic carbocycles. The zero-order valence-corrected chi connectivity index (χ0v) is 11.2. The van der Waals surface area contributed by atoms with Gasteiger partial charge in [-0.15, -0.1) is 0 Å². The smallest absolute Gasteiger partial charge is 0.234 e. The molecule has 0 unspecified atom stereocenters. The molecular formula is C13H22N4O. The number of aromatic nitrogens is 2. The minimum atomic E-state index is 0.598. The normalized spacial score (nSPS) is 14.8. The highest BCUT2D eigenvalue weighted by molar-refractivity contribution is 5.32. The first-order valence-electron chi connectivity index (χ1n) is 6.68. The molecule has 0 saturated heterocycles. The summed E-state index contributed by atoms with van der Waals surface area (Å²) < 4.78 is 5.62. The molecule has 0 bridgehead atoms. The second-order valence-corrected chi connectivity index (χ2v) is 4.73. The van der Waals surface area contributed by atoms with E-state index in [0.717, 1.165) is 31.4 Å². The lowest BCUT2D eigenvalue weighted by atomic mass is 10.5. The van der Waals surface area contributed by atoms with Gasteiger partial charge in [0.15, 0.2) is 0 Å². The van der Waals surface area contributed by atoms with Crippen molar-refractivity contribution in [1.29, 1.82) is 0 Å². The lowest BCUT2D eigenvalue weighted by Gasteiger charge is -2.15. The fourth-order valence-electron chi connectivity index (χ4n) is 1.75. The van der Waals surface area contributed by atoms with Crippen molar-refractivity contribution < 1.29 is 4.74 Å². The SMILES string of the molecule is CCCNc1cncc(OCCN(C)C2CC2)n1. The average molecular weight is 250 g/mol. The molecule has 1 saturated carbocycles. The Kier molecular flexibility index (Phi) is 4.75. The van der Waals surface area contributed by atoms with E-state index in [1.54, 1.807) is 12.4 Å². The number of ether oxygens (including phenoxy) is 1. The van der Waals surface area contributed by atoms with E-state index in [4.69, 9.17) is 4.74 Å². The molecule has 0 atom stereocenters. The van der Waals surface area contributed by atoms with E-state index in [0.29, 0.717) is 12.5 Å². The second kappa shape index (κ2) is 6.54. The molecule has 1 aromatic rings. The third kappa shape index (κ3) is 4.14. The van der Waals surface area contributed by atoms with E-state index >= 15 is 0 Å². The molecule has 18 heavy (non-hydrogen) atoms. The van der Waals surface area contributed by atoms with Crippen molar-refractivity contribution in [3.05, 3.63) is 12.4 Å². The molecule has 1 N–H and O–H groups in total. The van der Waals surface area contributed by atoms with Gasteiger partial charge in [0.25, 0.3) is 0 Å². The molecule has 5 nitrogen and oxygen atoms in total. The van der Waals surface area contributed by atoms with Crippen LogP contribution in [0.2, 0.25) is 0 Å². The molecule has 1 heterocycles. The monoisotopic (exact) mass is 250 g/mol. The summed E-state index contributed by atoms with van der Waals surface area (Å²) in [5, 5.41) is 3.20. The van der Waals surface area contributed by atoms with Crippen LogP contribution < -0.4 is 10.1 Å². The van der Waals surface area contributed by atoms with Gasteiger partial charge >= 0.3 is 0 Å². The first kappa shape index (κ1) is 13.1. The molecule has 1 aromatic heterocycles. The van der Waals surface area contributed by atoms with Crippen molar-refractivity contribution >= 4 is 5.82 Å². The van der Waals surface area contributed by atoms with Crippen molar-refractivity contribution in [2.75, 3.05) is 32.1 Å². The Morgan fingerprint density at radius 3 is 3.00 bits per heavy atom. The predicted molar refractivity (Wildman–Crippen MR) is 72.0 cm³/mol. The summed E-state index contributed by atoms with van der Waals surface area (Å²) in [6, 6.07) is 0.775. The van der Waals surface area contributed by atoms with Crippen molar-refractivity contribution in [3.63, 3.8) is 0 Å². The van der Waals surface area contributed by atoms with Gasteiger partial charge in [-0.3, -0.25) is 4.98 Å². The van der Waals surface area contributed by atoms with Gasteiger partial charge in [0.05, 0.1) is 12.4 Å². The minimum Gasteiger partial charge on any atom is -0.475 e. The Hall–Kier alpha value is -1.36. The second-order valence-electron chi connectivity index (χ2n) is 4.73. The maximum Gasteiger partial charge on any atom is 0.234 e. The molecule has 1 aliphatic rings. The summed E-state index contributed by atoms with van der Waals surface area (Å²) in [4.78, 5) is 10.8. The van der Waals surface area contributed by atoms with E-state index in [1.165, 1.54) is 12.8 Å². The minimum absolute atomic E-state index is 0.598. The third-order valence-electron chi connectivity index (χ3n) is 3.03. The van der Waals surface area contributed by atoms with Crippen LogP contribution in [0, 0.1) is 0 Å². The van der Waals surface area contributed by atoms with E-state index in [9.17, 15) is 0 Å². The number of hydrogen-bond acceptors (Lipinski definition) is 5. The molecule has 100 valence electrons. The Morgan fingerprint density at radius 1 is 1.44 bits per heavy atom. The Labute approximate surface area is 109 Å². The van der Waals surface area contributed by atoms with Gasteiger partial charge in [-0.25, -0.2) is 0 Å². The highest BCUT2D eigenvalue weighted by atomic mass is 16.5. The van der Waals surface area contributed by atoms with Crippen LogP contribution in [0.4, 0.5) is 5.82 Å². The van der Waals surface area contributed by atoms with Gasteiger partial charge in [0.1, 0.15) is 12.4 Å². The van der Waals surface area contributed by atoms with Crippen LogP contribution in [0.15, 0.2) is 12.4 Å². The Morgan fingerprint density at radius 2 is 2.28 bits per heavy atom. The van der Waals surface area contributed by atoms with Crippen molar-refractivity contribution in [2.45, 2.75) is 32.2 Å². The van der Waals surface area contributed by atoms with Crippen molar-refractivity contribution in [2.24, 2.45) is 0 Å². The summed E-state index contributed by atoms with van der Waals surface area (Å²) in [5.41, 5.74) is 0. The van der Waals surface area contributed by atoms with E-state index in [-0.39, 0.29) is 0 Å². The molecule has 0 spiro atoms. The van der Waals surface area contributed by atoms with Gasteiger partial charge in [-0.05, 0) is 26.3 Å². The average Bonchev–Trinajstić information content (AvgIpc) is 3.21. The van der Waals surface area contributed by atoms with Crippen LogP contribution in [-0.2, 0) is 0 Å². The number of anilines is 1. The zero-order valence-electron chi connectivity index (χ0n) is 11.2. The fraction of sp³-hybridized carbons (Fsp3) is 0.692. The molecule has 0 aliphatic heterocycles. The largest absolute Gasteiger partial charge is 0.475 e. The first-order valence-corrected chi connectivity index (χ1v) is 6.68. The highest BCUT2D eigenvalue weighted by Crippen LogP contribution is 2.24. The van der Waals surface area contributed by atoms with Gasteiger partial charge in [0, 0.05) is 19.1 Å². The van der Waals surface area contributed by atoms with Crippen LogP contribution in [0.1, 0.15) is 26.2 Å². The topological polar surface area (TPSA) is 50.3 Å². The molecule has 5 heteroatoms. The van der Waals surface area contributed by atoms with E-state index in [1.807, 2.05) is 0 Å². The lowest BCUT2D eigenvalue weighted by molar-refractivity contribution is 0.226. The molecule has 0 amide bonds. The summed E-state index contributed by atoms with van der Waals surface area (Å²) in [6.07, 6.45) is 7.10. The Bertz CT molecular complexity index is 368. The maximum atomic E-state index is 5.62. The number of rotatable bonds is 8. The molecule has 0 radical (unpaired) electrons. The summed E-state index contributed by atoms with van der Waals surface area (Å²) in [6.45, 7) is 4.63. The lowest BCUT2D eigenvalue weighted by Crippen LogP contribution is -2.26. The highest BCUT2D eigenvalue weighted by Gasteiger charge is 2.25. The quantitative estimate of drug-likeness (QED) is 0.762. The predicted octanol–water partition coefficient (Wildman–Crippen LogP) is 1.77. The van der Waals surface area contributed by atoms with Gasteiger partial charge in [0.2, 0.25) is 5.88 Å². The number of nitrogens with one attached hydrogen (secondary N) is 1. The summed E-state index contributed by atoms with van der Waals surface area (Å²) in [5.74, 6) is 1.38. The summed E-state index contributed by atoms with van der Waals surface area (Å²) in [7, 11) is 2.14. The first-order chi connectivity index (χ1) is 8.79. The maximum absolute atomic E-state index is 5.62. The molecular weight excluding hydrogens is 228 g/mol. The number of hydrogen-bond donors (Lipinski definition) is 1. The Balaban J connectivity index is 1.73. The van der Waals surface area contributed by atoms with Crippen molar-refractivity contribution in [3.8, 4) is 5.88 Å². The fourth-order valence-corrected chi connectivity index (χ4v) is 1.75. The van der Waals surface area contributed by atoms with Crippen LogP contribution in [-0.4, -0.2) is 47.7 Å². The van der Waals surface area contributed by atoms with E-state index in [2.05, 4.69) is 34.2 Å². The third-order valence-corrected chi connectivity index (χ3v) is 3.03. The van der Waals surface area contributed by atoms with Crippen LogP contribution in [0.3, 0.4) is 0 Å². The molecule has 1 fully saturated rings. The van der Waals surface area contributed by atoms with Gasteiger partial charge in [-0.2, -0.15) is 4.98 Å². The van der Waals surface area contributed by atoms with Crippen LogP contribution in [0.5, 0.6) is 5.88 Å². The molecule has 1 aliphatic carbocycles. The molecule has 2 rings (SSSR count). The van der Waals surface area contributed by atoms with Crippen LogP contribution in [0.25, 0.3) is 0 Å². The van der Waals surface area contributed by atoms with Crippen LogP contribution >= 0.6 is 0 Å². The van der Waals surface area contributed by atoms with Crippen molar-refractivity contribution in [1.82, 2.24) is 14.9 Å². The van der Waals surface area contributed by atoms with E-state index < -0.39 is 0 Å². The zero-order chi connectivity index (χ0) is 12.8.